The first-order valence-electron chi connectivity index (χ1n) is 4.70. The summed E-state index contributed by atoms with van der Waals surface area (Å²) in [7, 11) is 0. The van der Waals surface area contributed by atoms with Gasteiger partial charge in [-0.05, 0) is 17.7 Å². The predicted octanol–water partition coefficient (Wildman–Crippen LogP) is 3.98. The lowest BCUT2D eigenvalue weighted by Gasteiger charge is -2.04. The van der Waals surface area contributed by atoms with Gasteiger partial charge in [0.05, 0.1) is 18.6 Å². The monoisotopic (exact) mass is 274 g/mol. The minimum Gasteiger partial charge on any atom is -0.268 e. The van der Waals surface area contributed by atoms with Gasteiger partial charge in [0.1, 0.15) is 0 Å². The Kier molecular flexibility index (Phi) is 3.74. The van der Waals surface area contributed by atoms with Crippen molar-refractivity contribution in [1.29, 1.82) is 0 Å². The van der Waals surface area contributed by atoms with Gasteiger partial charge in [-0.3, -0.25) is 4.68 Å². The Morgan fingerprint density at radius 1 is 1.25 bits per heavy atom. The second-order valence-electron chi connectivity index (χ2n) is 3.42. The molecule has 5 heteroatoms. The van der Waals surface area contributed by atoms with Crippen molar-refractivity contribution in [3.8, 4) is 0 Å². The first-order chi connectivity index (χ1) is 7.69. The van der Waals surface area contributed by atoms with Crippen molar-refractivity contribution < 1.29 is 0 Å². The molecule has 0 aliphatic carbocycles. The number of hydrogen-bond donors (Lipinski definition) is 0. The van der Waals surface area contributed by atoms with Crippen LogP contribution in [0.4, 0.5) is 0 Å². The van der Waals surface area contributed by atoms with E-state index in [2.05, 4.69) is 5.10 Å². The molecule has 0 unspecified atom stereocenters. The van der Waals surface area contributed by atoms with E-state index in [0.29, 0.717) is 22.5 Å². The van der Waals surface area contributed by atoms with E-state index in [1.807, 2.05) is 18.3 Å². The number of alkyl halides is 1. The highest BCUT2D eigenvalue weighted by Gasteiger charge is 2.03. The summed E-state index contributed by atoms with van der Waals surface area (Å²) < 4.78 is 1.80. The lowest BCUT2D eigenvalue weighted by atomic mass is 10.2. The van der Waals surface area contributed by atoms with Crippen LogP contribution in [-0.4, -0.2) is 9.78 Å². The highest BCUT2D eigenvalue weighted by molar-refractivity contribution is 6.35. The van der Waals surface area contributed by atoms with Gasteiger partial charge < -0.3 is 0 Å². The van der Waals surface area contributed by atoms with Crippen LogP contribution in [0.5, 0.6) is 0 Å². The number of hydrogen-bond acceptors (Lipinski definition) is 1. The van der Waals surface area contributed by atoms with E-state index in [-0.39, 0.29) is 0 Å². The molecule has 0 aliphatic rings. The molecule has 0 amide bonds. The van der Waals surface area contributed by atoms with Gasteiger partial charge in [0.25, 0.3) is 0 Å². The van der Waals surface area contributed by atoms with E-state index < -0.39 is 0 Å². The van der Waals surface area contributed by atoms with Gasteiger partial charge in [0, 0.05) is 21.8 Å². The van der Waals surface area contributed by atoms with Gasteiger partial charge in [0.2, 0.25) is 0 Å². The van der Waals surface area contributed by atoms with Crippen molar-refractivity contribution in [3.63, 3.8) is 0 Å². The molecule has 2 nitrogen and oxygen atoms in total. The van der Waals surface area contributed by atoms with Gasteiger partial charge >= 0.3 is 0 Å². The van der Waals surface area contributed by atoms with Crippen molar-refractivity contribution in [3.05, 3.63) is 51.8 Å². The van der Waals surface area contributed by atoms with Crippen molar-refractivity contribution in [2.75, 3.05) is 0 Å². The summed E-state index contributed by atoms with van der Waals surface area (Å²) >= 11 is 17.6. The Labute approximate surface area is 109 Å². The average molecular weight is 276 g/mol. The summed E-state index contributed by atoms with van der Waals surface area (Å²) in [6, 6.07) is 5.44. The molecule has 1 aromatic carbocycles. The van der Waals surface area contributed by atoms with Crippen LogP contribution in [0.1, 0.15) is 11.1 Å². The Bertz CT molecular complexity index is 494. The summed E-state index contributed by atoms with van der Waals surface area (Å²) in [5.41, 5.74) is 1.97. The highest BCUT2D eigenvalue weighted by Crippen LogP contribution is 2.21. The third-order valence-electron chi connectivity index (χ3n) is 2.19. The fraction of sp³-hybridized carbons (Fsp3) is 0.182. The highest BCUT2D eigenvalue weighted by atomic mass is 35.5. The summed E-state index contributed by atoms with van der Waals surface area (Å²) in [5.74, 6) is 0.467. The minimum absolute atomic E-state index is 0.467. The number of rotatable bonds is 3. The number of aromatic nitrogens is 2. The first kappa shape index (κ1) is 11.8. The second kappa shape index (κ2) is 5.09. The smallest absolute Gasteiger partial charge is 0.0674 e. The standard InChI is InChI=1S/C11H9Cl3N2/c12-4-8-5-15-16(6-8)7-9-1-2-10(13)3-11(9)14/h1-3,5-6H,4,7H2. The fourth-order valence-corrected chi connectivity index (χ4v) is 1.99. The SMILES string of the molecule is ClCc1cnn(Cc2ccc(Cl)cc2Cl)c1. The summed E-state index contributed by atoms with van der Waals surface area (Å²) in [6.07, 6.45) is 3.65. The normalized spacial score (nSPS) is 10.7. The topological polar surface area (TPSA) is 17.8 Å². The summed E-state index contributed by atoms with van der Waals surface area (Å²) in [5, 5.41) is 5.47. The molecule has 0 bridgehead atoms. The maximum atomic E-state index is 6.07. The molecule has 2 aromatic rings. The molecule has 0 saturated carbocycles. The molecule has 1 aromatic heterocycles. The fourth-order valence-electron chi connectivity index (χ4n) is 1.39. The van der Waals surface area contributed by atoms with Crippen LogP contribution in [0.25, 0.3) is 0 Å². The van der Waals surface area contributed by atoms with E-state index in [1.165, 1.54) is 0 Å². The van der Waals surface area contributed by atoms with E-state index in [0.717, 1.165) is 11.1 Å². The van der Waals surface area contributed by atoms with Crippen molar-refractivity contribution in [2.45, 2.75) is 12.4 Å². The van der Waals surface area contributed by atoms with Crippen LogP contribution >= 0.6 is 34.8 Å². The second-order valence-corrected chi connectivity index (χ2v) is 4.53. The molecule has 0 fully saturated rings. The molecule has 2 rings (SSSR count). The van der Waals surface area contributed by atoms with Crippen molar-refractivity contribution in [1.82, 2.24) is 9.78 Å². The minimum atomic E-state index is 0.467. The molecule has 84 valence electrons. The van der Waals surface area contributed by atoms with E-state index >= 15 is 0 Å². The third kappa shape index (κ3) is 2.70. The molecule has 0 saturated heterocycles. The molecule has 1 heterocycles. The van der Waals surface area contributed by atoms with Crippen LogP contribution in [0.15, 0.2) is 30.6 Å². The van der Waals surface area contributed by atoms with Crippen LogP contribution in [-0.2, 0) is 12.4 Å². The van der Waals surface area contributed by atoms with Gasteiger partial charge in [0.15, 0.2) is 0 Å². The Morgan fingerprint density at radius 2 is 2.06 bits per heavy atom. The lowest BCUT2D eigenvalue weighted by molar-refractivity contribution is 0.686. The molecular weight excluding hydrogens is 266 g/mol. The maximum Gasteiger partial charge on any atom is 0.0674 e. The van der Waals surface area contributed by atoms with Gasteiger partial charge in [-0.15, -0.1) is 11.6 Å². The Hall–Kier alpha value is -0.700. The lowest BCUT2D eigenvalue weighted by Crippen LogP contribution is -2.00. The molecule has 16 heavy (non-hydrogen) atoms. The zero-order valence-corrected chi connectivity index (χ0v) is 10.6. The van der Waals surface area contributed by atoms with Gasteiger partial charge in [-0.1, -0.05) is 29.3 Å². The molecule has 0 atom stereocenters. The third-order valence-corrected chi connectivity index (χ3v) is 3.08. The largest absolute Gasteiger partial charge is 0.268 e. The Balaban J connectivity index is 2.20. The molecule has 0 spiro atoms. The van der Waals surface area contributed by atoms with E-state index in [9.17, 15) is 0 Å². The van der Waals surface area contributed by atoms with Crippen molar-refractivity contribution >= 4 is 34.8 Å². The van der Waals surface area contributed by atoms with Crippen LogP contribution in [0, 0.1) is 0 Å². The Morgan fingerprint density at radius 3 is 2.69 bits per heavy atom. The quantitative estimate of drug-likeness (QED) is 0.775. The first-order valence-corrected chi connectivity index (χ1v) is 5.99. The number of halogens is 3. The molecule has 0 aliphatic heterocycles. The molecule has 0 radical (unpaired) electrons. The van der Waals surface area contributed by atoms with Gasteiger partial charge in [-0.25, -0.2) is 0 Å². The van der Waals surface area contributed by atoms with E-state index in [4.69, 9.17) is 34.8 Å². The summed E-state index contributed by atoms with van der Waals surface area (Å²) in [4.78, 5) is 0. The molecule has 0 N–H and O–H groups in total. The average Bonchev–Trinajstić information content (AvgIpc) is 2.70. The summed E-state index contributed by atoms with van der Waals surface area (Å²) in [6.45, 7) is 0.618. The van der Waals surface area contributed by atoms with Crippen LogP contribution in [0.3, 0.4) is 0 Å². The van der Waals surface area contributed by atoms with Gasteiger partial charge in [-0.2, -0.15) is 5.10 Å². The predicted molar refractivity (Wildman–Crippen MR) is 67.3 cm³/mol. The van der Waals surface area contributed by atoms with Crippen LogP contribution < -0.4 is 0 Å². The zero-order chi connectivity index (χ0) is 11.5. The molecular formula is C11H9Cl3N2. The van der Waals surface area contributed by atoms with Crippen molar-refractivity contribution in [2.24, 2.45) is 0 Å². The number of nitrogens with zero attached hydrogens (tertiary/aromatic N) is 2. The zero-order valence-electron chi connectivity index (χ0n) is 8.33. The maximum absolute atomic E-state index is 6.07. The van der Waals surface area contributed by atoms with E-state index in [1.54, 1.807) is 16.9 Å². The van der Waals surface area contributed by atoms with Crippen LogP contribution in [0.2, 0.25) is 10.0 Å². The number of benzene rings is 1.